The summed E-state index contributed by atoms with van der Waals surface area (Å²) in [5.74, 6) is 0.653. The van der Waals surface area contributed by atoms with Gasteiger partial charge in [0.25, 0.3) is 0 Å². The van der Waals surface area contributed by atoms with E-state index < -0.39 is 0 Å². The van der Waals surface area contributed by atoms with Crippen LogP contribution in [0.25, 0.3) is 0 Å². The van der Waals surface area contributed by atoms with Crippen molar-refractivity contribution in [1.29, 1.82) is 0 Å². The van der Waals surface area contributed by atoms with Crippen LogP contribution in [0.3, 0.4) is 0 Å². The van der Waals surface area contributed by atoms with Crippen molar-refractivity contribution in [2.75, 3.05) is 0 Å². The Labute approximate surface area is 107 Å². The molecule has 0 nitrogen and oxygen atoms in total. The van der Waals surface area contributed by atoms with E-state index in [0.717, 1.165) is 0 Å². The SMILES string of the molecule is Cc1ccc(C(C)C)cc1.[Cl-].[Cl-].[Ir]. The van der Waals surface area contributed by atoms with Crippen molar-refractivity contribution in [3.8, 4) is 0 Å². The molecule has 0 N–H and O–H groups in total. The van der Waals surface area contributed by atoms with E-state index in [2.05, 4.69) is 45.0 Å². The molecule has 0 aliphatic rings. The molecule has 79 valence electrons. The van der Waals surface area contributed by atoms with Gasteiger partial charge in [0.2, 0.25) is 0 Å². The molecule has 0 heterocycles. The maximum atomic E-state index is 2.21. The zero-order valence-corrected chi connectivity index (χ0v) is 11.9. The second kappa shape index (κ2) is 9.02. The molecule has 0 unspecified atom stereocenters. The van der Waals surface area contributed by atoms with Crippen LogP contribution in [0.4, 0.5) is 0 Å². The van der Waals surface area contributed by atoms with Gasteiger partial charge in [-0.05, 0) is 18.4 Å². The quantitative estimate of drug-likeness (QED) is 0.478. The van der Waals surface area contributed by atoms with Gasteiger partial charge in [-0.2, -0.15) is 0 Å². The molecule has 0 aromatic heterocycles. The Bertz CT molecular complexity index is 207. The van der Waals surface area contributed by atoms with Crippen LogP contribution in [-0.2, 0) is 20.1 Å². The van der Waals surface area contributed by atoms with Gasteiger partial charge in [0.15, 0.2) is 0 Å². The van der Waals surface area contributed by atoms with E-state index in [1.165, 1.54) is 11.1 Å². The van der Waals surface area contributed by atoms with Crippen LogP contribution in [0.15, 0.2) is 24.3 Å². The molecule has 0 amide bonds. The molecule has 0 saturated heterocycles. The van der Waals surface area contributed by atoms with Gasteiger partial charge in [-0.15, -0.1) is 0 Å². The summed E-state index contributed by atoms with van der Waals surface area (Å²) in [6.45, 7) is 6.54. The van der Waals surface area contributed by atoms with Crippen LogP contribution < -0.4 is 24.8 Å². The van der Waals surface area contributed by atoms with Crippen molar-refractivity contribution in [3.05, 3.63) is 35.4 Å². The molecule has 0 saturated carbocycles. The standard InChI is InChI=1S/C10H14.2ClH.Ir/c1-8(2)10-6-4-9(3)5-7-10;;;/h4-8H,1-3H3;2*1H;/p-2. The molecule has 3 heteroatoms. The topological polar surface area (TPSA) is 0 Å². The van der Waals surface area contributed by atoms with Crippen LogP contribution in [-0.4, -0.2) is 0 Å². The Morgan fingerprint density at radius 3 is 1.62 bits per heavy atom. The molecule has 0 fully saturated rings. The number of aryl methyl sites for hydroxylation is 1. The van der Waals surface area contributed by atoms with E-state index in [1.807, 2.05) is 0 Å². The van der Waals surface area contributed by atoms with E-state index in [4.69, 9.17) is 0 Å². The molecule has 1 rings (SSSR count). The fourth-order valence-corrected chi connectivity index (χ4v) is 0.951. The molecule has 0 aliphatic heterocycles. The average molecular weight is 397 g/mol. The molecule has 0 aliphatic carbocycles. The molecule has 1 aromatic carbocycles. The van der Waals surface area contributed by atoms with Gasteiger partial charge in [-0.25, -0.2) is 0 Å². The van der Waals surface area contributed by atoms with Crippen LogP contribution in [0.1, 0.15) is 30.9 Å². The fourth-order valence-electron chi connectivity index (χ4n) is 0.951. The van der Waals surface area contributed by atoms with Crippen LogP contribution in [0.2, 0.25) is 0 Å². The monoisotopic (exact) mass is 397 g/mol. The second-order valence-corrected chi connectivity index (χ2v) is 3.07. The molecular formula is C10H14Cl2Ir-2. The molecule has 0 spiro atoms. The Kier molecular flexibility index (Phi) is 13.2. The number of hydrogen-bond acceptors (Lipinski definition) is 0. The molecule has 0 bridgehead atoms. The van der Waals surface area contributed by atoms with Crippen molar-refractivity contribution in [2.45, 2.75) is 26.7 Å². The zero-order chi connectivity index (χ0) is 7.56. The molecule has 13 heavy (non-hydrogen) atoms. The number of benzene rings is 1. The number of halogens is 2. The van der Waals surface area contributed by atoms with Crippen molar-refractivity contribution in [1.82, 2.24) is 0 Å². The van der Waals surface area contributed by atoms with Crippen molar-refractivity contribution < 1.29 is 44.9 Å². The summed E-state index contributed by atoms with van der Waals surface area (Å²) in [5.41, 5.74) is 2.76. The maximum Gasteiger partial charge on any atom is 0 e. The predicted octanol–water partition coefficient (Wildman–Crippen LogP) is -2.88. The van der Waals surface area contributed by atoms with Crippen molar-refractivity contribution in [3.63, 3.8) is 0 Å². The molecule has 1 radical (unpaired) electrons. The summed E-state index contributed by atoms with van der Waals surface area (Å²) in [4.78, 5) is 0. The van der Waals surface area contributed by atoms with E-state index in [-0.39, 0.29) is 44.9 Å². The van der Waals surface area contributed by atoms with E-state index in [1.54, 1.807) is 0 Å². The normalized spacial score (nSPS) is 8.00. The molecular weight excluding hydrogens is 383 g/mol. The first-order valence-electron chi connectivity index (χ1n) is 3.76. The van der Waals surface area contributed by atoms with Crippen LogP contribution in [0.5, 0.6) is 0 Å². The van der Waals surface area contributed by atoms with Crippen LogP contribution in [0, 0.1) is 6.92 Å². The maximum absolute atomic E-state index is 2.21. The summed E-state index contributed by atoms with van der Waals surface area (Å²) in [6, 6.07) is 8.71. The third kappa shape index (κ3) is 6.51. The van der Waals surface area contributed by atoms with Crippen molar-refractivity contribution >= 4 is 0 Å². The van der Waals surface area contributed by atoms with Gasteiger partial charge in [-0.1, -0.05) is 43.7 Å². The number of rotatable bonds is 1. The Hall–Kier alpha value is 0.449. The van der Waals surface area contributed by atoms with Gasteiger partial charge in [0.05, 0.1) is 0 Å². The smallest absolute Gasteiger partial charge is 0 e. The Balaban J connectivity index is -0.000000333. The van der Waals surface area contributed by atoms with Gasteiger partial charge in [0.1, 0.15) is 0 Å². The fraction of sp³-hybridized carbons (Fsp3) is 0.400. The third-order valence-corrected chi connectivity index (χ3v) is 1.74. The zero-order valence-electron chi connectivity index (χ0n) is 7.98. The largest absolute Gasteiger partial charge is 1.00 e. The Morgan fingerprint density at radius 2 is 1.31 bits per heavy atom. The Morgan fingerprint density at radius 1 is 0.923 bits per heavy atom. The first-order chi connectivity index (χ1) is 4.70. The van der Waals surface area contributed by atoms with Crippen molar-refractivity contribution in [2.24, 2.45) is 0 Å². The molecule has 0 atom stereocenters. The minimum Gasteiger partial charge on any atom is -1.00 e. The van der Waals surface area contributed by atoms with Gasteiger partial charge in [0, 0.05) is 20.1 Å². The van der Waals surface area contributed by atoms with E-state index in [9.17, 15) is 0 Å². The van der Waals surface area contributed by atoms with E-state index in [0.29, 0.717) is 5.92 Å². The second-order valence-electron chi connectivity index (χ2n) is 3.07. The minimum atomic E-state index is 0. The first kappa shape index (κ1) is 19.1. The molecule has 1 aromatic rings. The summed E-state index contributed by atoms with van der Waals surface area (Å²) >= 11 is 0. The van der Waals surface area contributed by atoms with Gasteiger partial charge >= 0.3 is 0 Å². The third-order valence-electron chi connectivity index (χ3n) is 1.74. The summed E-state index contributed by atoms with van der Waals surface area (Å²) in [5, 5.41) is 0. The van der Waals surface area contributed by atoms with Gasteiger partial charge < -0.3 is 24.8 Å². The van der Waals surface area contributed by atoms with E-state index >= 15 is 0 Å². The summed E-state index contributed by atoms with van der Waals surface area (Å²) in [7, 11) is 0. The summed E-state index contributed by atoms with van der Waals surface area (Å²) in [6.07, 6.45) is 0. The number of hydrogen-bond donors (Lipinski definition) is 0. The minimum absolute atomic E-state index is 0. The summed E-state index contributed by atoms with van der Waals surface area (Å²) < 4.78 is 0. The predicted molar refractivity (Wildman–Crippen MR) is 45.3 cm³/mol. The average Bonchev–Trinajstić information content (AvgIpc) is 1.88. The van der Waals surface area contributed by atoms with Gasteiger partial charge in [-0.3, -0.25) is 0 Å². The first-order valence-corrected chi connectivity index (χ1v) is 3.76. The van der Waals surface area contributed by atoms with Crippen LogP contribution >= 0.6 is 0 Å².